The van der Waals surface area contributed by atoms with E-state index < -0.39 is 6.09 Å². The smallest absolute Gasteiger partial charge is 0.407 e. The Morgan fingerprint density at radius 1 is 1.16 bits per heavy atom. The highest BCUT2D eigenvalue weighted by atomic mass is 35.5. The first-order valence-electron chi connectivity index (χ1n) is 8.36. The van der Waals surface area contributed by atoms with E-state index in [4.69, 9.17) is 27.9 Å². The van der Waals surface area contributed by atoms with E-state index in [1.54, 1.807) is 0 Å². The van der Waals surface area contributed by atoms with E-state index in [1.165, 1.54) is 0 Å². The van der Waals surface area contributed by atoms with Gasteiger partial charge in [0, 0.05) is 6.54 Å². The molecule has 0 bridgehead atoms. The van der Waals surface area contributed by atoms with Gasteiger partial charge >= 0.3 is 6.09 Å². The molecular formula is C19H22Cl2N2O2. The Bertz CT molecular complexity index is 660. The summed E-state index contributed by atoms with van der Waals surface area (Å²) in [5.74, 6) is 0.262. The molecule has 4 nitrogen and oxygen atoms in total. The van der Waals surface area contributed by atoms with Crippen LogP contribution in [0, 0.1) is 0 Å². The molecule has 1 heterocycles. The van der Waals surface area contributed by atoms with E-state index in [0.717, 1.165) is 30.4 Å². The normalized spacial score (nSPS) is 11.8. The number of ether oxygens (including phenoxy) is 1. The molecule has 0 saturated heterocycles. The summed E-state index contributed by atoms with van der Waals surface area (Å²) in [6, 6.07) is 13.3. The number of rotatable bonds is 8. The number of benzene rings is 1. The second-order valence-corrected chi connectivity index (χ2v) is 6.58. The first kappa shape index (κ1) is 19.5. The number of amides is 1. The van der Waals surface area contributed by atoms with Crippen LogP contribution in [-0.4, -0.2) is 17.6 Å². The second kappa shape index (κ2) is 10.3. The van der Waals surface area contributed by atoms with Gasteiger partial charge in [-0.15, -0.1) is 0 Å². The number of nitrogens with one attached hydrogen (secondary N) is 1. The topological polar surface area (TPSA) is 51.2 Å². The molecule has 2 aromatic rings. The minimum absolute atomic E-state index is 0.262. The third-order valence-corrected chi connectivity index (χ3v) is 4.26. The number of nitrogens with zero attached hydrogens (tertiary/aromatic N) is 1. The molecule has 0 aliphatic heterocycles. The summed E-state index contributed by atoms with van der Waals surface area (Å²) in [6.07, 6.45) is 2.38. The predicted octanol–water partition coefficient (Wildman–Crippen LogP) is 5.59. The molecule has 134 valence electrons. The molecule has 6 heteroatoms. The van der Waals surface area contributed by atoms with Crippen LogP contribution in [0.4, 0.5) is 4.79 Å². The maximum atomic E-state index is 11.8. The van der Waals surface area contributed by atoms with Gasteiger partial charge in [-0.1, -0.05) is 66.9 Å². The van der Waals surface area contributed by atoms with Gasteiger partial charge in [-0.3, -0.25) is 0 Å². The van der Waals surface area contributed by atoms with Crippen molar-refractivity contribution < 1.29 is 9.53 Å². The molecule has 0 saturated carbocycles. The lowest BCUT2D eigenvalue weighted by molar-refractivity contribution is 0.139. The lowest BCUT2D eigenvalue weighted by Crippen LogP contribution is -2.26. The highest BCUT2D eigenvalue weighted by molar-refractivity contribution is 6.32. The van der Waals surface area contributed by atoms with Crippen molar-refractivity contribution in [2.24, 2.45) is 0 Å². The summed E-state index contributed by atoms with van der Waals surface area (Å²) in [4.78, 5) is 15.8. The summed E-state index contributed by atoms with van der Waals surface area (Å²) in [5, 5.41) is 3.57. The van der Waals surface area contributed by atoms with Gasteiger partial charge in [-0.05, 0) is 42.0 Å². The molecule has 0 fully saturated rings. The number of pyridine rings is 1. The largest absolute Gasteiger partial charge is 0.445 e. The third kappa shape index (κ3) is 6.92. The van der Waals surface area contributed by atoms with Crippen molar-refractivity contribution in [3.63, 3.8) is 0 Å². The fraction of sp³-hybridized carbons (Fsp3) is 0.368. The van der Waals surface area contributed by atoms with Crippen molar-refractivity contribution >= 4 is 29.3 Å². The van der Waals surface area contributed by atoms with Crippen LogP contribution in [0.25, 0.3) is 0 Å². The maximum Gasteiger partial charge on any atom is 0.407 e. The van der Waals surface area contributed by atoms with Crippen molar-refractivity contribution in [1.29, 1.82) is 0 Å². The summed E-state index contributed by atoms with van der Waals surface area (Å²) in [7, 11) is 0. The minimum atomic E-state index is -0.412. The average molecular weight is 381 g/mol. The summed E-state index contributed by atoms with van der Waals surface area (Å²) < 4.78 is 5.21. The Morgan fingerprint density at radius 3 is 2.48 bits per heavy atom. The third-order valence-electron chi connectivity index (χ3n) is 3.87. The van der Waals surface area contributed by atoms with Crippen LogP contribution < -0.4 is 5.32 Å². The number of alkyl carbamates (subject to hydrolysis) is 1. The van der Waals surface area contributed by atoms with Crippen molar-refractivity contribution in [3.8, 4) is 0 Å². The molecule has 1 atom stereocenters. The highest BCUT2D eigenvalue weighted by Crippen LogP contribution is 2.28. The number of carbonyl (C=O) groups excluding carboxylic acids is 1. The van der Waals surface area contributed by atoms with Gasteiger partial charge in [0.15, 0.2) is 0 Å². The van der Waals surface area contributed by atoms with E-state index in [9.17, 15) is 4.79 Å². The van der Waals surface area contributed by atoms with Crippen molar-refractivity contribution in [2.75, 3.05) is 6.54 Å². The Labute approximate surface area is 158 Å². The number of halogens is 2. The lowest BCUT2D eigenvalue weighted by Gasteiger charge is -2.17. The number of hydrogen-bond acceptors (Lipinski definition) is 3. The molecule has 1 aromatic carbocycles. The van der Waals surface area contributed by atoms with E-state index in [0.29, 0.717) is 16.9 Å². The van der Waals surface area contributed by atoms with Gasteiger partial charge in [-0.25, -0.2) is 9.78 Å². The minimum Gasteiger partial charge on any atom is -0.445 e. The zero-order valence-corrected chi connectivity index (χ0v) is 15.7. The standard InChI is InChI=1S/C19H22Cl2N2O2/c1-2-6-15(16-11-17(20)23-18(21)12-16)9-10-22-19(24)25-13-14-7-4-3-5-8-14/h3-5,7-8,11-12,15H,2,6,9-10,13H2,1H3,(H,22,24). The van der Waals surface area contributed by atoms with Crippen molar-refractivity contribution in [1.82, 2.24) is 10.3 Å². The van der Waals surface area contributed by atoms with E-state index >= 15 is 0 Å². The Kier molecular flexibility index (Phi) is 8.02. The molecule has 1 amide bonds. The van der Waals surface area contributed by atoms with Crippen LogP contribution in [0.5, 0.6) is 0 Å². The van der Waals surface area contributed by atoms with Crippen LogP contribution in [0.3, 0.4) is 0 Å². The molecular weight excluding hydrogens is 359 g/mol. The van der Waals surface area contributed by atoms with E-state index in [2.05, 4.69) is 17.2 Å². The molecule has 0 spiro atoms. The molecule has 1 N–H and O–H groups in total. The molecule has 1 unspecified atom stereocenters. The number of carbonyl (C=O) groups is 1. The van der Waals surface area contributed by atoms with Gasteiger partial charge in [0.25, 0.3) is 0 Å². The van der Waals surface area contributed by atoms with E-state index in [-0.39, 0.29) is 12.5 Å². The fourth-order valence-corrected chi connectivity index (χ4v) is 3.15. The highest BCUT2D eigenvalue weighted by Gasteiger charge is 2.13. The van der Waals surface area contributed by atoms with Gasteiger partial charge < -0.3 is 10.1 Å². The first-order chi connectivity index (χ1) is 12.1. The Balaban J connectivity index is 1.81. The van der Waals surface area contributed by atoms with Gasteiger partial charge in [0.2, 0.25) is 0 Å². The lowest BCUT2D eigenvalue weighted by atomic mass is 9.92. The molecule has 1 aromatic heterocycles. The van der Waals surface area contributed by atoms with Gasteiger partial charge in [0.05, 0.1) is 0 Å². The quantitative estimate of drug-likeness (QED) is 0.607. The maximum absolute atomic E-state index is 11.8. The fourth-order valence-electron chi connectivity index (χ4n) is 2.67. The summed E-state index contributed by atoms with van der Waals surface area (Å²) >= 11 is 12.0. The zero-order chi connectivity index (χ0) is 18.1. The number of hydrogen-bond donors (Lipinski definition) is 1. The molecule has 0 radical (unpaired) electrons. The molecule has 2 rings (SSSR count). The van der Waals surface area contributed by atoms with Crippen LogP contribution in [0.2, 0.25) is 10.3 Å². The van der Waals surface area contributed by atoms with E-state index in [1.807, 2.05) is 42.5 Å². The van der Waals surface area contributed by atoms with Crippen LogP contribution in [0.15, 0.2) is 42.5 Å². The van der Waals surface area contributed by atoms with Crippen LogP contribution >= 0.6 is 23.2 Å². The van der Waals surface area contributed by atoms with Crippen molar-refractivity contribution in [3.05, 3.63) is 63.9 Å². The number of aromatic nitrogens is 1. The second-order valence-electron chi connectivity index (χ2n) is 5.81. The average Bonchev–Trinajstić information content (AvgIpc) is 2.59. The van der Waals surface area contributed by atoms with Gasteiger partial charge in [-0.2, -0.15) is 0 Å². The van der Waals surface area contributed by atoms with Crippen LogP contribution in [0.1, 0.15) is 43.2 Å². The summed E-state index contributed by atoms with van der Waals surface area (Å²) in [6.45, 7) is 2.91. The zero-order valence-electron chi connectivity index (χ0n) is 14.2. The van der Waals surface area contributed by atoms with Crippen molar-refractivity contribution in [2.45, 2.75) is 38.7 Å². The molecule has 0 aliphatic rings. The first-order valence-corrected chi connectivity index (χ1v) is 9.11. The Hall–Kier alpha value is -1.78. The summed E-state index contributed by atoms with van der Waals surface area (Å²) in [5.41, 5.74) is 2.01. The predicted molar refractivity (Wildman–Crippen MR) is 101 cm³/mol. The SMILES string of the molecule is CCCC(CCNC(=O)OCc1ccccc1)c1cc(Cl)nc(Cl)c1. The molecule has 25 heavy (non-hydrogen) atoms. The van der Waals surface area contributed by atoms with Crippen LogP contribution in [-0.2, 0) is 11.3 Å². The molecule has 0 aliphatic carbocycles. The monoisotopic (exact) mass is 380 g/mol. The Morgan fingerprint density at radius 2 is 1.84 bits per heavy atom. The van der Waals surface area contributed by atoms with Gasteiger partial charge in [0.1, 0.15) is 16.9 Å².